The van der Waals surface area contributed by atoms with E-state index in [0.29, 0.717) is 6.42 Å². The van der Waals surface area contributed by atoms with E-state index >= 15 is 0 Å². The van der Waals surface area contributed by atoms with Crippen LogP contribution in [0.5, 0.6) is 0 Å². The highest BCUT2D eigenvalue weighted by atomic mass is 32.1. The summed E-state index contributed by atoms with van der Waals surface area (Å²) < 4.78 is 2.67. The molecule has 0 spiro atoms. The predicted octanol–water partition coefficient (Wildman–Crippen LogP) is 5.97. The molecule has 1 unspecified atom stereocenters. The van der Waals surface area contributed by atoms with Crippen molar-refractivity contribution in [3.8, 4) is 0 Å². The molecule has 24 heavy (non-hydrogen) atoms. The fraction of sp³-hybridized carbons (Fsp3) is 0.136. The molecule has 0 fully saturated rings. The second kappa shape index (κ2) is 5.29. The van der Waals surface area contributed by atoms with E-state index in [9.17, 15) is 4.79 Å². The maximum absolute atomic E-state index is 12.6. The second-order valence-corrected chi connectivity index (χ2v) is 7.56. The van der Waals surface area contributed by atoms with Crippen LogP contribution in [0.2, 0.25) is 0 Å². The van der Waals surface area contributed by atoms with E-state index < -0.39 is 0 Å². The van der Waals surface area contributed by atoms with Gasteiger partial charge in [0.05, 0.1) is 0 Å². The third-order valence-corrected chi connectivity index (χ3v) is 6.33. The molecule has 0 bridgehead atoms. The van der Waals surface area contributed by atoms with Gasteiger partial charge in [0.25, 0.3) is 0 Å². The van der Waals surface area contributed by atoms with Gasteiger partial charge < -0.3 is 0 Å². The Hall–Kier alpha value is -2.45. The molecular weight excluding hydrogens is 312 g/mol. The van der Waals surface area contributed by atoms with Crippen LogP contribution in [0.15, 0.2) is 66.7 Å². The number of ketones is 1. The minimum Gasteiger partial charge on any atom is -0.294 e. The average molecular weight is 328 g/mol. The largest absolute Gasteiger partial charge is 0.294 e. The maximum Gasteiger partial charge on any atom is 0.163 e. The summed E-state index contributed by atoms with van der Waals surface area (Å²) in [5, 5.41) is 2.64. The standard InChI is InChI=1S/C22H16OS/c23-20-13-15(12-14-6-1-2-7-16(14)20)17-9-5-10-19-18-8-3-4-11-21(18)24-22(17)19/h1-11,15H,12-13H2. The molecule has 0 radical (unpaired) electrons. The van der Waals surface area contributed by atoms with Gasteiger partial charge in [0, 0.05) is 32.2 Å². The van der Waals surface area contributed by atoms with Crippen LogP contribution >= 0.6 is 11.3 Å². The molecule has 1 heterocycles. The van der Waals surface area contributed by atoms with Crippen molar-refractivity contribution in [2.24, 2.45) is 0 Å². The van der Waals surface area contributed by atoms with Crippen LogP contribution in [0, 0.1) is 0 Å². The van der Waals surface area contributed by atoms with Gasteiger partial charge in [-0.1, -0.05) is 60.7 Å². The lowest BCUT2D eigenvalue weighted by Crippen LogP contribution is -2.18. The quantitative estimate of drug-likeness (QED) is 0.421. The van der Waals surface area contributed by atoms with Crippen molar-refractivity contribution < 1.29 is 4.79 Å². The Labute approximate surface area is 144 Å². The van der Waals surface area contributed by atoms with E-state index in [1.54, 1.807) is 0 Å². The summed E-state index contributed by atoms with van der Waals surface area (Å²) in [7, 11) is 0. The number of thiophene rings is 1. The normalized spacial score (nSPS) is 17.3. The van der Waals surface area contributed by atoms with Crippen LogP contribution in [0.25, 0.3) is 20.2 Å². The topological polar surface area (TPSA) is 17.1 Å². The number of Topliss-reactive ketones (excluding diaryl/α,β-unsaturated/α-hetero) is 1. The molecular formula is C22H16OS. The molecule has 0 amide bonds. The lowest BCUT2D eigenvalue weighted by Gasteiger charge is -2.24. The third kappa shape index (κ3) is 2.03. The highest BCUT2D eigenvalue weighted by molar-refractivity contribution is 7.26. The van der Waals surface area contributed by atoms with E-state index in [2.05, 4.69) is 48.5 Å². The van der Waals surface area contributed by atoms with Gasteiger partial charge in [-0.25, -0.2) is 0 Å². The van der Waals surface area contributed by atoms with Gasteiger partial charge in [-0.05, 0) is 29.5 Å². The maximum atomic E-state index is 12.6. The van der Waals surface area contributed by atoms with E-state index in [1.165, 1.54) is 31.3 Å². The molecule has 116 valence electrons. The number of carbonyl (C=O) groups is 1. The first-order valence-corrected chi connectivity index (χ1v) is 9.14. The molecule has 1 atom stereocenters. The van der Waals surface area contributed by atoms with Gasteiger partial charge in [-0.15, -0.1) is 11.3 Å². The molecule has 1 aromatic heterocycles. The minimum absolute atomic E-state index is 0.278. The van der Waals surface area contributed by atoms with E-state index in [0.717, 1.165) is 12.0 Å². The molecule has 2 heteroatoms. The number of hydrogen-bond acceptors (Lipinski definition) is 2. The van der Waals surface area contributed by atoms with Gasteiger partial charge in [0.15, 0.2) is 5.78 Å². The molecule has 0 saturated heterocycles. The third-order valence-electron chi connectivity index (χ3n) is 5.09. The first kappa shape index (κ1) is 13.9. The van der Waals surface area contributed by atoms with Crippen LogP contribution in [0.4, 0.5) is 0 Å². The molecule has 1 aliphatic rings. The zero-order chi connectivity index (χ0) is 16.1. The van der Waals surface area contributed by atoms with Crippen LogP contribution in [-0.4, -0.2) is 5.78 Å². The van der Waals surface area contributed by atoms with Crippen LogP contribution in [-0.2, 0) is 6.42 Å². The zero-order valence-corrected chi connectivity index (χ0v) is 14.0. The van der Waals surface area contributed by atoms with Gasteiger partial charge in [0.2, 0.25) is 0 Å². The molecule has 0 saturated carbocycles. The van der Waals surface area contributed by atoms with Crippen molar-refractivity contribution in [1.82, 2.24) is 0 Å². The first-order valence-electron chi connectivity index (χ1n) is 8.32. The summed E-state index contributed by atoms with van der Waals surface area (Å²) in [6, 6.07) is 23.2. The Morgan fingerprint density at radius 1 is 0.792 bits per heavy atom. The van der Waals surface area contributed by atoms with Crippen LogP contribution in [0.1, 0.15) is 33.8 Å². The average Bonchev–Trinajstić information content (AvgIpc) is 3.00. The number of fused-ring (bicyclic) bond motifs is 4. The van der Waals surface area contributed by atoms with Crippen molar-refractivity contribution in [2.75, 3.05) is 0 Å². The minimum atomic E-state index is 0.278. The van der Waals surface area contributed by atoms with Crippen molar-refractivity contribution in [2.45, 2.75) is 18.8 Å². The monoisotopic (exact) mass is 328 g/mol. The molecule has 3 aromatic carbocycles. The van der Waals surface area contributed by atoms with Crippen molar-refractivity contribution in [3.63, 3.8) is 0 Å². The zero-order valence-electron chi connectivity index (χ0n) is 13.2. The summed E-state index contributed by atoms with van der Waals surface area (Å²) in [5.74, 6) is 0.559. The number of rotatable bonds is 1. The molecule has 0 N–H and O–H groups in total. The number of hydrogen-bond donors (Lipinski definition) is 0. The van der Waals surface area contributed by atoms with Crippen molar-refractivity contribution >= 4 is 37.3 Å². The van der Waals surface area contributed by atoms with Gasteiger partial charge >= 0.3 is 0 Å². The Kier molecular flexibility index (Phi) is 3.07. The van der Waals surface area contributed by atoms with Crippen molar-refractivity contribution in [1.29, 1.82) is 0 Å². The predicted molar refractivity (Wildman–Crippen MR) is 101 cm³/mol. The Balaban J connectivity index is 1.69. The molecule has 1 aliphatic carbocycles. The Bertz CT molecular complexity index is 1090. The Morgan fingerprint density at radius 3 is 2.54 bits per heavy atom. The van der Waals surface area contributed by atoms with E-state index in [-0.39, 0.29) is 11.7 Å². The first-order chi connectivity index (χ1) is 11.8. The fourth-order valence-electron chi connectivity index (χ4n) is 3.95. The van der Waals surface area contributed by atoms with Gasteiger partial charge in [-0.3, -0.25) is 4.79 Å². The van der Waals surface area contributed by atoms with E-state index in [4.69, 9.17) is 0 Å². The number of benzene rings is 3. The summed E-state index contributed by atoms with van der Waals surface area (Å²) in [6.07, 6.45) is 1.57. The van der Waals surface area contributed by atoms with Crippen LogP contribution in [0.3, 0.4) is 0 Å². The fourth-order valence-corrected chi connectivity index (χ4v) is 5.25. The highest BCUT2D eigenvalue weighted by Gasteiger charge is 2.27. The molecule has 5 rings (SSSR count). The summed E-state index contributed by atoms with van der Waals surface area (Å²) in [6.45, 7) is 0. The summed E-state index contributed by atoms with van der Waals surface area (Å²) in [4.78, 5) is 12.6. The van der Waals surface area contributed by atoms with Gasteiger partial charge in [-0.2, -0.15) is 0 Å². The molecule has 4 aromatic rings. The van der Waals surface area contributed by atoms with E-state index in [1.807, 2.05) is 29.5 Å². The molecule has 1 nitrogen and oxygen atoms in total. The highest BCUT2D eigenvalue weighted by Crippen LogP contribution is 2.41. The molecule has 0 aliphatic heterocycles. The lowest BCUT2D eigenvalue weighted by molar-refractivity contribution is 0.0964. The number of carbonyl (C=O) groups excluding carboxylic acids is 1. The van der Waals surface area contributed by atoms with Crippen LogP contribution < -0.4 is 0 Å². The van der Waals surface area contributed by atoms with Crippen molar-refractivity contribution in [3.05, 3.63) is 83.4 Å². The lowest BCUT2D eigenvalue weighted by atomic mass is 9.79. The summed E-state index contributed by atoms with van der Waals surface area (Å²) in [5.41, 5.74) is 3.44. The Morgan fingerprint density at radius 2 is 1.58 bits per heavy atom. The second-order valence-electron chi connectivity index (χ2n) is 6.51. The SMILES string of the molecule is O=C1CC(c2cccc3c2sc2ccccc23)Cc2ccccc21. The van der Waals surface area contributed by atoms with Gasteiger partial charge in [0.1, 0.15) is 0 Å². The smallest absolute Gasteiger partial charge is 0.163 e. The summed E-state index contributed by atoms with van der Waals surface area (Å²) >= 11 is 1.85.